The van der Waals surface area contributed by atoms with E-state index in [-0.39, 0.29) is 5.41 Å². The van der Waals surface area contributed by atoms with Crippen LogP contribution >= 0.6 is 0 Å². The lowest BCUT2D eigenvalue weighted by Crippen LogP contribution is -2.28. The van der Waals surface area contributed by atoms with Crippen LogP contribution in [0.25, 0.3) is 78.7 Å². The predicted molar refractivity (Wildman–Crippen MR) is 226 cm³/mol. The fraction of sp³-hybridized carbons (Fsp3) is 0.115. The molecule has 56 heavy (non-hydrogen) atoms. The van der Waals surface area contributed by atoms with E-state index in [0.29, 0.717) is 17.5 Å². The minimum Gasteiger partial charge on any atom is -0.208 e. The van der Waals surface area contributed by atoms with Gasteiger partial charge in [-0.15, -0.1) is 0 Å². The molecule has 0 atom stereocenters. The van der Waals surface area contributed by atoms with Crippen molar-refractivity contribution in [2.45, 2.75) is 37.5 Å². The quantitative estimate of drug-likeness (QED) is 0.172. The van der Waals surface area contributed by atoms with Gasteiger partial charge in [-0.2, -0.15) is 5.26 Å². The maximum atomic E-state index is 9.89. The highest BCUT2D eigenvalue weighted by atomic mass is 15.0. The summed E-state index contributed by atoms with van der Waals surface area (Å²) >= 11 is 0. The van der Waals surface area contributed by atoms with Gasteiger partial charge in [0.1, 0.15) is 0 Å². The third-order valence-corrected chi connectivity index (χ3v) is 11.7. The summed E-state index contributed by atoms with van der Waals surface area (Å²) in [6.45, 7) is 0. The summed E-state index contributed by atoms with van der Waals surface area (Å²) in [7, 11) is 0. The molecule has 1 aromatic heterocycles. The molecule has 0 aliphatic heterocycles. The Morgan fingerprint density at radius 2 is 0.875 bits per heavy atom. The summed E-state index contributed by atoms with van der Waals surface area (Å²) in [6, 6.07) is 62.0. The topological polar surface area (TPSA) is 62.5 Å². The highest BCUT2D eigenvalue weighted by Crippen LogP contribution is 2.58. The van der Waals surface area contributed by atoms with E-state index < -0.39 is 0 Å². The van der Waals surface area contributed by atoms with Crippen LogP contribution in [0.2, 0.25) is 0 Å². The minimum atomic E-state index is 0.0287. The number of hydrogen-bond donors (Lipinski definition) is 0. The van der Waals surface area contributed by atoms with Gasteiger partial charge >= 0.3 is 0 Å². The highest BCUT2D eigenvalue weighted by molar-refractivity contribution is 5.94. The molecule has 1 spiro atoms. The number of fused-ring (bicyclic) bond motifs is 5. The highest BCUT2D eigenvalue weighted by Gasteiger charge is 2.44. The van der Waals surface area contributed by atoms with Gasteiger partial charge in [0, 0.05) is 22.1 Å². The molecule has 10 rings (SSSR count). The molecule has 7 aromatic carbocycles. The zero-order chi connectivity index (χ0) is 37.5. The summed E-state index contributed by atoms with van der Waals surface area (Å²) in [5.74, 6) is 1.93. The molecular weight excluding hydrogens is 681 g/mol. The molecule has 0 bridgehead atoms. The van der Waals surface area contributed by atoms with E-state index in [4.69, 9.17) is 15.0 Å². The van der Waals surface area contributed by atoms with Crippen LogP contribution in [0, 0.1) is 11.3 Å². The molecule has 0 radical (unpaired) electrons. The van der Waals surface area contributed by atoms with Crippen molar-refractivity contribution in [3.63, 3.8) is 0 Å². The first-order valence-corrected chi connectivity index (χ1v) is 19.5. The van der Waals surface area contributed by atoms with E-state index in [1.165, 1.54) is 52.6 Å². The van der Waals surface area contributed by atoms with Crippen molar-refractivity contribution in [2.75, 3.05) is 0 Å². The number of hydrogen-bond acceptors (Lipinski definition) is 4. The molecule has 2 aliphatic carbocycles. The molecule has 0 N–H and O–H groups in total. The average Bonchev–Trinajstić information content (AvgIpc) is 3.55. The van der Waals surface area contributed by atoms with E-state index >= 15 is 0 Å². The van der Waals surface area contributed by atoms with Gasteiger partial charge in [-0.3, -0.25) is 0 Å². The first-order chi connectivity index (χ1) is 27.7. The first kappa shape index (κ1) is 33.6. The van der Waals surface area contributed by atoms with Gasteiger partial charge in [0.2, 0.25) is 0 Å². The Morgan fingerprint density at radius 3 is 1.46 bits per heavy atom. The second-order valence-electron chi connectivity index (χ2n) is 15.0. The monoisotopic (exact) mass is 718 g/mol. The number of benzene rings is 7. The summed E-state index contributed by atoms with van der Waals surface area (Å²) in [6.07, 6.45) is 6.07. The van der Waals surface area contributed by atoms with Crippen molar-refractivity contribution in [3.05, 3.63) is 187 Å². The van der Waals surface area contributed by atoms with Crippen LogP contribution in [0.15, 0.2) is 170 Å². The lowest BCUT2D eigenvalue weighted by Gasteiger charge is -2.36. The van der Waals surface area contributed by atoms with Gasteiger partial charge in [0.15, 0.2) is 17.5 Å². The van der Waals surface area contributed by atoms with Gasteiger partial charge < -0.3 is 0 Å². The van der Waals surface area contributed by atoms with Gasteiger partial charge in [-0.1, -0.05) is 159 Å². The number of rotatable bonds is 6. The summed E-state index contributed by atoms with van der Waals surface area (Å²) in [5, 5.41) is 9.89. The molecule has 0 saturated heterocycles. The van der Waals surface area contributed by atoms with Gasteiger partial charge in [0.25, 0.3) is 0 Å². The molecule has 4 heteroatoms. The largest absolute Gasteiger partial charge is 0.208 e. The fourth-order valence-electron chi connectivity index (χ4n) is 9.08. The Balaban J connectivity index is 1.03. The molecule has 1 fully saturated rings. The molecule has 0 amide bonds. The average molecular weight is 719 g/mol. The number of nitriles is 1. The molecule has 8 aromatic rings. The van der Waals surface area contributed by atoms with Crippen molar-refractivity contribution in [1.82, 2.24) is 15.0 Å². The molecule has 2 aliphatic rings. The van der Waals surface area contributed by atoms with Crippen LogP contribution in [0.4, 0.5) is 0 Å². The third-order valence-electron chi connectivity index (χ3n) is 11.7. The Morgan fingerprint density at radius 1 is 0.393 bits per heavy atom. The molecule has 1 saturated carbocycles. The molecule has 1 heterocycles. The van der Waals surface area contributed by atoms with Crippen molar-refractivity contribution in [3.8, 4) is 84.7 Å². The second-order valence-corrected chi connectivity index (χ2v) is 15.0. The summed E-state index contributed by atoms with van der Waals surface area (Å²) < 4.78 is 0. The summed E-state index contributed by atoms with van der Waals surface area (Å²) in [4.78, 5) is 14.8. The van der Waals surface area contributed by atoms with Gasteiger partial charge in [-0.05, 0) is 98.8 Å². The van der Waals surface area contributed by atoms with E-state index in [1.807, 2.05) is 66.7 Å². The van der Waals surface area contributed by atoms with Crippen LogP contribution in [0.1, 0.15) is 48.8 Å². The smallest absolute Gasteiger partial charge is 0.164 e. The Bertz CT molecular complexity index is 2740. The van der Waals surface area contributed by atoms with Crippen molar-refractivity contribution >= 4 is 0 Å². The maximum absolute atomic E-state index is 9.89. The predicted octanol–water partition coefficient (Wildman–Crippen LogP) is 13.0. The normalized spacial score (nSPS) is 13.8. The lowest BCUT2D eigenvalue weighted by molar-refractivity contribution is 0.353. The standard InChI is InChI=1S/C52H38N4/c53-34-35-26-27-46-45(30-35)48-44(24-13-25-47(48)52(46)28-8-3-9-29-52)42-22-11-20-40(32-42)38-18-10-19-39(31-38)41-21-12-23-43(33-41)51-55-49(36-14-4-1-5-15-36)54-50(56-51)37-16-6-2-7-17-37/h1-2,4-7,10-27,30-33H,3,8-9,28-29H2. The van der Waals surface area contributed by atoms with E-state index in [1.54, 1.807) is 0 Å². The minimum absolute atomic E-state index is 0.0287. The number of nitrogens with zero attached hydrogens (tertiary/aromatic N) is 4. The summed E-state index contributed by atoms with van der Waals surface area (Å²) in [5.41, 5.74) is 15.9. The molecule has 4 nitrogen and oxygen atoms in total. The van der Waals surface area contributed by atoms with Crippen LogP contribution in [-0.2, 0) is 5.41 Å². The van der Waals surface area contributed by atoms with Crippen LogP contribution in [0.3, 0.4) is 0 Å². The Hall–Kier alpha value is -6.96. The molecule has 266 valence electrons. The van der Waals surface area contributed by atoms with Crippen molar-refractivity contribution < 1.29 is 0 Å². The van der Waals surface area contributed by atoms with E-state index in [9.17, 15) is 5.26 Å². The first-order valence-electron chi connectivity index (χ1n) is 19.5. The lowest BCUT2D eigenvalue weighted by atomic mass is 9.67. The Kier molecular flexibility index (Phi) is 8.42. The van der Waals surface area contributed by atoms with E-state index in [0.717, 1.165) is 57.3 Å². The zero-order valence-electron chi connectivity index (χ0n) is 31.0. The van der Waals surface area contributed by atoms with Gasteiger partial charge in [0.05, 0.1) is 11.6 Å². The fourth-order valence-corrected chi connectivity index (χ4v) is 9.08. The van der Waals surface area contributed by atoms with Crippen LogP contribution < -0.4 is 0 Å². The third kappa shape index (κ3) is 5.90. The maximum Gasteiger partial charge on any atom is 0.164 e. The second kappa shape index (κ2) is 14.0. The Labute approximate surface area is 327 Å². The molecular formula is C52H38N4. The zero-order valence-corrected chi connectivity index (χ0v) is 31.0. The van der Waals surface area contributed by atoms with Crippen LogP contribution in [-0.4, -0.2) is 15.0 Å². The van der Waals surface area contributed by atoms with E-state index in [2.05, 4.69) is 109 Å². The number of aromatic nitrogens is 3. The SMILES string of the molecule is N#Cc1ccc2c(c1)-c1c(-c3cccc(-c4cccc(-c5cccc(-c6nc(-c7ccccc7)nc(-c7ccccc7)n6)c5)c4)c3)cccc1C21CCCCC1. The van der Waals surface area contributed by atoms with Crippen LogP contribution in [0.5, 0.6) is 0 Å². The van der Waals surface area contributed by atoms with Gasteiger partial charge in [-0.25, -0.2) is 15.0 Å². The van der Waals surface area contributed by atoms with Crippen molar-refractivity contribution in [1.29, 1.82) is 5.26 Å². The molecule has 0 unspecified atom stereocenters. The van der Waals surface area contributed by atoms with Crippen molar-refractivity contribution in [2.24, 2.45) is 0 Å².